The minimum Gasteiger partial charge on any atom is -0.483 e. The largest absolute Gasteiger partial charge is 0.483 e. The van der Waals surface area contributed by atoms with Crippen molar-refractivity contribution in [2.24, 2.45) is 0 Å². The Morgan fingerprint density at radius 1 is 1.28 bits per heavy atom. The fourth-order valence-corrected chi connectivity index (χ4v) is 5.57. The number of nitrogens with zero attached hydrogens (tertiary/aromatic N) is 4. The molecule has 0 unspecified atom stereocenters. The molecule has 3 aromatic rings. The topological polar surface area (TPSA) is 124 Å². The van der Waals surface area contributed by atoms with E-state index in [0.29, 0.717) is 16.9 Å². The summed E-state index contributed by atoms with van der Waals surface area (Å²) >= 11 is 9.20. The van der Waals surface area contributed by atoms with Gasteiger partial charge in [-0.1, -0.05) is 12.2 Å². The molecule has 1 amide bonds. The number of hydrogen-bond acceptors (Lipinski definition) is 7. The number of aryl methyl sites for hydroxylation is 1. The van der Waals surface area contributed by atoms with Gasteiger partial charge in [-0.2, -0.15) is 0 Å². The molecule has 1 saturated heterocycles. The molecular weight excluding hydrogens is 548 g/mol. The number of carbonyl (C=O) groups excluding carboxylic acids is 1. The summed E-state index contributed by atoms with van der Waals surface area (Å²) in [6.45, 7) is 8.47. The molecule has 0 aliphatic carbocycles. The number of carboxylic acid groups (broad SMARTS) is 1. The second-order valence-corrected chi connectivity index (χ2v) is 9.47. The van der Waals surface area contributed by atoms with E-state index in [-0.39, 0.29) is 18.1 Å². The predicted octanol–water partition coefficient (Wildman–Crippen LogP) is 2.93. The first kappa shape index (κ1) is 27.5. The number of nitrogens with one attached hydrogen (secondary N) is 2. The third-order valence-corrected chi connectivity index (χ3v) is 7.10. The van der Waals surface area contributed by atoms with Gasteiger partial charge in [-0.25, -0.2) is 9.78 Å². The van der Waals surface area contributed by atoms with Crippen LogP contribution in [0.2, 0.25) is 0 Å². The molecule has 1 aliphatic rings. The van der Waals surface area contributed by atoms with E-state index in [1.165, 1.54) is 0 Å². The van der Waals surface area contributed by atoms with Crippen LogP contribution in [0, 0.1) is 11.6 Å². The maximum Gasteiger partial charge on any atom is 0.326 e. The number of fused-ring (bicyclic) bond motifs is 1. The molecule has 192 valence electrons. The van der Waals surface area contributed by atoms with Crippen LogP contribution in [0.4, 0.5) is 5.69 Å². The molecule has 0 saturated carbocycles. The van der Waals surface area contributed by atoms with E-state index < -0.39 is 0 Å². The van der Waals surface area contributed by atoms with E-state index in [0.717, 1.165) is 65.0 Å². The van der Waals surface area contributed by atoms with Crippen LogP contribution in [0.5, 0.6) is 0 Å². The van der Waals surface area contributed by atoms with Gasteiger partial charge in [0.25, 0.3) is 12.4 Å². The highest BCUT2D eigenvalue weighted by Gasteiger charge is 2.20. The summed E-state index contributed by atoms with van der Waals surface area (Å²) in [6, 6.07) is 7.87. The van der Waals surface area contributed by atoms with Crippen molar-refractivity contribution in [3.05, 3.63) is 60.8 Å². The number of benzene rings is 1. The second kappa shape index (κ2) is 12.2. The number of anilines is 1. The van der Waals surface area contributed by atoms with Gasteiger partial charge in [0, 0.05) is 56.2 Å². The van der Waals surface area contributed by atoms with Gasteiger partial charge in [0.15, 0.2) is 0 Å². The second-order valence-electron chi connectivity index (χ2n) is 8.23. The molecule has 3 heterocycles. The average molecular weight is 578 g/mol. The quantitative estimate of drug-likeness (QED) is 0.313. The molecule has 0 atom stereocenters. The van der Waals surface area contributed by atoms with Crippen molar-refractivity contribution >= 4 is 57.1 Å². The number of hydrogen-bond donors (Lipinski definition) is 3. The van der Waals surface area contributed by atoms with Crippen LogP contribution in [0.1, 0.15) is 28.7 Å². The molecule has 1 aromatic carbocycles. The summed E-state index contributed by atoms with van der Waals surface area (Å²) in [6.07, 6.45) is 0. The Bertz CT molecular complexity index is 1380. The van der Waals surface area contributed by atoms with Gasteiger partial charge in [-0.15, -0.1) is 0 Å². The van der Waals surface area contributed by atoms with Crippen LogP contribution >= 0.6 is 28.1 Å². The normalized spacial score (nSPS) is 13.7. The van der Waals surface area contributed by atoms with Crippen LogP contribution < -0.4 is 15.9 Å². The summed E-state index contributed by atoms with van der Waals surface area (Å²) in [5.74, 6) is -0.176. The Balaban J connectivity index is 0.00000115. The molecule has 2 aromatic heterocycles. The highest BCUT2D eigenvalue weighted by molar-refractivity contribution is 9.10. The van der Waals surface area contributed by atoms with Crippen LogP contribution in [-0.4, -0.2) is 70.1 Å². The fourth-order valence-electron chi connectivity index (χ4n) is 4.31. The Labute approximate surface area is 222 Å². The van der Waals surface area contributed by atoms with Crippen molar-refractivity contribution in [1.82, 2.24) is 24.8 Å². The number of rotatable bonds is 5. The average Bonchev–Trinajstić information content (AvgIpc) is 2.84. The molecule has 0 radical (unpaired) electrons. The minimum absolute atomic E-state index is 0.176. The smallest absolute Gasteiger partial charge is 0.326 e. The standard InChI is InChI=1S/C23H27BrN6O2S.CH2O2/c1-4-30-22(33)20-16(24)11-15(12-18(20)27-23(30)32)13-28-7-9-29(10-8-28)19-6-5-17(21(31)25-3)26-14(19)2;2-1-3/h5-6,11-12H,4,7-10,13H2,1-3H3,(H,25,31)(H,27,32);1H,(H,2,3). The first-order chi connectivity index (χ1) is 17.2. The maximum absolute atomic E-state index is 12.4. The van der Waals surface area contributed by atoms with Crippen molar-refractivity contribution in [1.29, 1.82) is 0 Å². The summed E-state index contributed by atoms with van der Waals surface area (Å²) in [5, 5.41) is 10.4. The molecule has 1 aliphatic heterocycles. The van der Waals surface area contributed by atoms with Gasteiger partial charge in [-0.05, 0) is 59.6 Å². The van der Waals surface area contributed by atoms with Crippen molar-refractivity contribution in [2.75, 3.05) is 38.1 Å². The molecule has 36 heavy (non-hydrogen) atoms. The van der Waals surface area contributed by atoms with Gasteiger partial charge in [0.05, 0.1) is 16.9 Å². The summed E-state index contributed by atoms with van der Waals surface area (Å²) in [4.78, 5) is 44.7. The van der Waals surface area contributed by atoms with Crippen LogP contribution in [0.25, 0.3) is 10.9 Å². The highest BCUT2D eigenvalue weighted by atomic mass is 79.9. The van der Waals surface area contributed by atoms with Crippen LogP contribution in [-0.2, 0) is 17.9 Å². The zero-order valence-electron chi connectivity index (χ0n) is 20.4. The first-order valence-corrected chi connectivity index (χ1v) is 12.6. The molecule has 10 nitrogen and oxygen atoms in total. The third-order valence-electron chi connectivity index (χ3n) is 6.05. The predicted molar refractivity (Wildman–Crippen MR) is 145 cm³/mol. The lowest BCUT2D eigenvalue weighted by atomic mass is 10.1. The zero-order chi connectivity index (χ0) is 26.4. The molecule has 1 fully saturated rings. The number of amides is 1. The fraction of sp³-hybridized carbons (Fsp3) is 0.375. The lowest BCUT2D eigenvalue weighted by molar-refractivity contribution is -0.122. The number of halogens is 1. The van der Waals surface area contributed by atoms with E-state index in [9.17, 15) is 9.59 Å². The molecule has 3 N–H and O–H groups in total. The number of aromatic nitrogens is 3. The number of carbonyl (C=O) groups is 2. The number of piperazine rings is 1. The number of pyridine rings is 1. The monoisotopic (exact) mass is 576 g/mol. The maximum atomic E-state index is 12.4. The minimum atomic E-state index is -0.250. The first-order valence-electron chi connectivity index (χ1n) is 11.4. The Kier molecular flexibility index (Phi) is 9.35. The van der Waals surface area contributed by atoms with E-state index >= 15 is 0 Å². The molecule has 0 bridgehead atoms. The molecule has 4 rings (SSSR count). The van der Waals surface area contributed by atoms with Gasteiger partial charge < -0.3 is 20.3 Å². The van der Waals surface area contributed by atoms with Gasteiger partial charge in [0.1, 0.15) is 10.3 Å². The van der Waals surface area contributed by atoms with E-state index in [1.54, 1.807) is 17.7 Å². The Hall–Kier alpha value is -3.09. The Morgan fingerprint density at radius 3 is 2.53 bits per heavy atom. The molecule has 0 spiro atoms. The number of H-pyrrole nitrogens is 1. The Morgan fingerprint density at radius 2 is 1.94 bits per heavy atom. The van der Waals surface area contributed by atoms with Crippen molar-refractivity contribution in [2.45, 2.75) is 26.9 Å². The van der Waals surface area contributed by atoms with Gasteiger partial charge in [0.2, 0.25) is 0 Å². The van der Waals surface area contributed by atoms with Crippen LogP contribution in [0.15, 0.2) is 33.5 Å². The van der Waals surface area contributed by atoms with E-state index in [1.807, 2.05) is 26.0 Å². The van der Waals surface area contributed by atoms with Gasteiger partial charge >= 0.3 is 5.69 Å². The van der Waals surface area contributed by atoms with Crippen molar-refractivity contribution < 1.29 is 14.7 Å². The van der Waals surface area contributed by atoms with Crippen LogP contribution in [0.3, 0.4) is 0 Å². The van der Waals surface area contributed by atoms with E-state index in [2.05, 4.69) is 47.1 Å². The third kappa shape index (κ3) is 6.00. The summed E-state index contributed by atoms with van der Waals surface area (Å²) in [7, 11) is 1.61. The number of aromatic amines is 1. The zero-order valence-corrected chi connectivity index (χ0v) is 22.8. The highest BCUT2D eigenvalue weighted by Crippen LogP contribution is 2.27. The lowest BCUT2D eigenvalue weighted by Crippen LogP contribution is -2.46. The molecular formula is C24H29BrN6O4S. The molecule has 12 heteroatoms. The van der Waals surface area contributed by atoms with Gasteiger partial charge in [-0.3, -0.25) is 19.1 Å². The lowest BCUT2D eigenvalue weighted by Gasteiger charge is -2.36. The summed E-state index contributed by atoms with van der Waals surface area (Å²) in [5.41, 5.74) is 4.06. The SMILES string of the molecule is CCn1c(=O)[nH]c2cc(CN3CCN(c4ccc(C(=O)NC)nc4C)CC3)cc(Br)c2c1=S.O=CO. The summed E-state index contributed by atoms with van der Waals surface area (Å²) < 4.78 is 3.02. The van der Waals surface area contributed by atoms with Crippen molar-refractivity contribution in [3.8, 4) is 0 Å². The van der Waals surface area contributed by atoms with Crippen molar-refractivity contribution in [3.63, 3.8) is 0 Å². The van der Waals surface area contributed by atoms with E-state index in [4.69, 9.17) is 22.1 Å².